The number of ether oxygens (including phenoxy) is 1. The Hall–Kier alpha value is -3.39. The fraction of sp³-hybridized carbons (Fsp3) is 0.0588. The van der Waals surface area contributed by atoms with Gasteiger partial charge in [-0.3, -0.25) is 14.9 Å². The van der Waals surface area contributed by atoms with Crippen molar-refractivity contribution in [1.29, 1.82) is 0 Å². The molecule has 3 rings (SSSR count). The monoisotopic (exact) mass is 373 g/mol. The number of furan rings is 1. The molecule has 0 bridgehead atoms. The molecule has 0 radical (unpaired) electrons. The van der Waals surface area contributed by atoms with Crippen LogP contribution in [0.15, 0.2) is 52.0 Å². The number of carbonyl (C=O) groups excluding carboxylic acids is 1. The molecule has 1 heterocycles. The number of methoxy groups -OCH3 is 1. The molecule has 132 valence electrons. The summed E-state index contributed by atoms with van der Waals surface area (Å²) in [5.41, 5.74) is 3.27. The first-order chi connectivity index (χ1) is 12.5. The summed E-state index contributed by atoms with van der Waals surface area (Å²) < 4.78 is 10.4. The van der Waals surface area contributed by atoms with Gasteiger partial charge in [-0.2, -0.15) is 5.10 Å². The minimum Gasteiger partial charge on any atom is -0.495 e. The number of hydrazone groups is 1. The van der Waals surface area contributed by atoms with Gasteiger partial charge in [0.05, 0.1) is 23.3 Å². The van der Waals surface area contributed by atoms with Crippen molar-refractivity contribution in [3.63, 3.8) is 0 Å². The van der Waals surface area contributed by atoms with Gasteiger partial charge in [0.2, 0.25) is 0 Å². The fourth-order valence-electron chi connectivity index (χ4n) is 2.24. The van der Waals surface area contributed by atoms with Crippen LogP contribution in [0.3, 0.4) is 0 Å². The summed E-state index contributed by atoms with van der Waals surface area (Å²) in [7, 11) is 1.51. The third kappa shape index (κ3) is 3.65. The van der Waals surface area contributed by atoms with Gasteiger partial charge in [0.1, 0.15) is 11.3 Å². The number of benzene rings is 2. The molecule has 0 unspecified atom stereocenters. The first kappa shape index (κ1) is 17.4. The van der Waals surface area contributed by atoms with Crippen molar-refractivity contribution in [3.05, 3.63) is 68.9 Å². The van der Waals surface area contributed by atoms with Gasteiger partial charge in [0.15, 0.2) is 5.76 Å². The highest BCUT2D eigenvalue weighted by Crippen LogP contribution is 2.25. The minimum absolute atomic E-state index is 0.00888. The molecule has 1 N–H and O–H groups in total. The van der Waals surface area contributed by atoms with Gasteiger partial charge >= 0.3 is 5.91 Å². The van der Waals surface area contributed by atoms with E-state index in [1.165, 1.54) is 37.6 Å². The Balaban J connectivity index is 1.72. The van der Waals surface area contributed by atoms with Crippen LogP contribution >= 0.6 is 11.6 Å². The van der Waals surface area contributed by atoms with Crippen molar-refractivity contribution in [3.8, 4) is 5.75 Å². The molecule has 0 saturated heterocycles. The van der Waals surface area contributed by atoms with E-state index >= 15 is 0 Å². The topological polar surface area (TPSA) is 107 Å². The van der Waals surface area contributed by atoms with Crippen molar-refractivity contribution in [2.75, 3.05) is 7.11 Å². The number of hydrogen-bond donors (Lipinski definition) is 1. The number of nitro benzene ring substituents is 1. The highest BCUT2D eigenvalue weighted by atomic mass is 35.5. The lowest BCUT2D eigenvalue weighted by atomic mass is 10.2. The van der Waals surface area contributed by atoms with Crippen molar-refractivity contribution in [2.45, 2.75) is 0 Å². The summed E-state index contributed by atoms with van der Waals surface area (Å²) >= 11 is 6.01. The Bertz CT molecular complexity index is 1030. The van der Waals surface area contributed by atoms with Gasteiger partial charge in [-0.1, -0.05) is 11.6 Å². The zero-order valence-corrected chi connectivity index (χ0v) is 14.2. The van der Waals surface area contributed by atoms with E-state index in [9.17, 15) is 14.9 Å². The standard InChI is InChI=1S/C17H12ClN3O5/c1-25-15-4-2-10(6-13(15)18)9-19-20-17(22)16-8-11-7-12(21(23)24)3-5-14(11)26-16/h2-9H,1H3,(H,20,22)/b19-9+. The highest BCUT2D eigenvalue weighted by Gasteiger charge is 2.14. The number of non-ortho nitro benzene ring substituents is 1. The van der Waals surface area contributed by atoms with Crippen LogP contribution in [-0.4, -0.2) is 24.2 Å². The lowest BCUT2D eigenvalue weighted by Crippen LogP contribution is -2.16. The first-order valence-corrected chi connectivity index (χ1v) is 7.70. The predicted octanol–water partition coefficient (Wildman–Crippen LogP) is 3.77. The number of amides is 1. The van der Waals surface area contributed by atoms with E-state index in [0.717, 1.165) is 0 Å². The number of hydrogen-bond acceptors (Lipinski definition) is 6. The molecule has 1 aromatic heterocycles. The molecule has 0 aliphatic rings. The molecule has 1 amide bonds. The van der Waals surface area contributed by atoms with Crippen LogP contribution in [0.5, 0.6) is 5.75 Å². The summed E-state index contributed by atoms with van der Waals surface area (Å²) in [5, 5.41) is 15.5. The number of nitrogens with one attached hydrogen (secondary N) is 1. The molecule has 0 spiro atoms. The second-order valence-corrected chi connectivity index (χ2v) is 5.59. The van der Waals surface area contributed by atoms with Crippen LogP contribution in [0.1, 0.15) is 16.1 Å². The van der Waals surface area contributed by atoms with E-state index in [0.29, 0.717) is 27.3 Å². The van der Waals surface area contributed by atoms with Gasteiger partial charge in [-0.15, -0.1) is 0 Å². The maximum atomic E-state index is 12.1. The maximum Gasteiger partial charge on any atom is 0.307 e. The summed E-state index contributed by atoms with van der Waals surface area (Å²) in [5.74, 6) is -0.0608. The van der Waals surface area contributed by atoms with E-state index in [-0.39, 0.29) is 11.4 Å². The van der Waals surface area contributed by atoms with Crippen LogP contribution in [0.25, 0.3) is 11.0 Å². The Labute approximate surface area is 152 Å². The summed E-state index contributed by atoms with van der Waals surface area (Å²) in [6, 6.07) is 10.5. The smallest absolute Gasteiger partial charge is 0.307 e. The van der Waals surface area contributed by atoms with Gasteiger partial charge in [0.25, 0.3) is 5.69 Å². The highest BCUT2D eigenvalue weighted by molar-refractivity contribution is 6.32. The molecule has 2 aromatic carbocycles. The predicted molar refractivity (Wildman–Crippen MR) is 95.9 cm³/mol. The van der Waals surface area contributed by atoms with E-state index in [1.807, 2.05) is 0 Å². The minimum atomic E-state index is -0.584. The number of fused-ring (bicyclic) bond motifs is 1. The SMILES string of the molecule is COc1ccc(/C=N/NC(=O)c2cc3cc([N+](=O)[O-])ccc3o2)cc1Cl. The Morgan fingerprint density at radius 3 is 2.81 bits per heavy atom. The molecule has 0 fully saturated rings. The number of carbonyl (C=O) groups is 1. The normalized spacial score (nSPS) is 11.0. The molecule has 26 heavy (non-hydrogen) atoms. The maximum absolute atomic E-state index is 12.1. The molecule has 0 aliphatic heterocycles. The second-order valence-electron chi connectivity index (χ2n) is 5.18. The van der Waals surface area contributed by atoms with E-state index in [4.69, 9.17) is 20.8 Å². The zero-order valence-electron chi connectivity index (χ0n) is 13.4. The number of halogens is 1. The first-order valence-electron chi connectivity index (χ1n) is 7.33. The lowest BCUT2D eigenvalue weighted by Gasteiger charge is -2.02. The van der Waals surface area contributed by atoms with Crippen molar-refractivity contribution in [1.82, 2.24) is 5.43 Å². The quantitative estimate of drug-likeness (QED) is 0.416. The molecule has 8 nitrogen and oxygen atoms in total. The number of nitro groups is 1. The summed E-state index contributed by atoms with van der Waals surface area (Å²) in [6.07, 6.45) is 1.41. The molecule has 9 heteroatoms. The molecular weight excluding hydrogens is 362 g/mol. The van der Waals surface area contributed by atoms with E-state index in [1.54, 1.807) is 18.2 Å². The average Bonchev–Trinajstić information content (AvgIpc) is 3.05. The third-order valence-corrected chi connectivity index (χ3v) is 3.79. The summed E-state index contributed by atoms with van der Waals surface area (Å²) in [4.78, 5) is 22.4. The third-order valence-electron chi connectivity index (χ3n) is 3.49. The van der Waals surface area contributed by atoms with Gasteiger partial charge in [-0.25, -0.2) is 5.43 Å². The van der Waals surface area contributed by atoms with Crippen LogP contribution in [-0.2, 0) is 0 Å². The van der Waals surface area contributed by atoms with Crippen LogP contribution < -0.4 is 10.2 Å². The average molecular weight is 374 g/mol. The Morgan fingerprint density at radius 2 is 2.12 bits per heavy atom. The molecular formula is C17H12ClN3O5. The van der Waals surface area contributed by atoms with Crippen LogP contribution in [0.4, 0.5) is 5.69 Å². The van der Waals surface area contributed by atoms with Crippen LogP contribution in [0, 0.1) is 10.1 Å². The number of rotatable bonds is 5. The number of nitrogens with zero attached hydrogens (tertiary/aromatic N) is 2. The van der Waals surface area contributed by atoms with Crippen LogP contribution in [0.2, 0.25) is 5.02 Å². The molecule has 0 aliphatic carbocycles. The molecule has 3 aromatic rings. The molecule has 0 saturated carbocycles. The lowest BCUT2D eigenvalue weighted by molar-refractivity contribution is -0.384. The van der Waals surface area contributed by atoms with E-state index in [2.05, 4.69) is 10.5 Å². The van der Waals surface area contributed by atoms with Crippen molar-refractivity contribution in [2.24, 2.45) is 5.10 Å². The fourth-order valence-corrected chi connectivity index (χ4v) is 2.51. The summed E-state index contributed by atoms with van der Waals surface area (Å²) in [6.45, 7) is 0. The van der Waals surface area contributed by atoms with Gasteiger partial charge in [0, 0.05) is 17.5 Å². The second kappa shape index (κ2) is 7.24. The largest absolute Gasteiger partial charge is 0.495 e. The van der Waals surface area contributed by atoms with E-state index < -0.39 is 10.8 Å². The van der Waals surface area contributed by atoms with Crippen molar-refractivity contribution < 1.29 is 18.9 Å². The molecule has 0 atom stereocenters. The Morgan fingerprint density at radius 1 is 1.31 bits per heavy atom. The van der Waals surface area contributed by atoms with Crippen molar-refractivity contribution >= 4 is 40.4 Å². The van der Waals surface area contributed by atoms with Gasteiger partial charge in [-0.05, 0) is 35.9 Å². The zero-order chi connectivity index (χ0) is 18.7. The Kier molecular flexibility index (Phi) is 4.85. The van der Waals surface area contributed by atoms with Gasteiger partial charge < -0.3 is 9.15 Å².